The summed E-state index contributed by atoms with van der Waals surface area (Å²) in [6, 6.07) is 11.4. The molecule has 0 fully saturated rings. The molecule has 1 heterocycles. The molecule has 1 amide bonds. The van der Waals surface area contributed by atoms with Gasteiger partial charge in [-0.3, -0.25) is 4.79 Å². The lowest BCUT2D eigenvalue weighted by molar-refractivity contribution is -0.119. The largest absolute Gasteiger partial charge is 0.376 e. The van der Waals surface area contributed by atoms with Crippen molar-refractivity contribution in [1.82, 2.24) is 10.5 Å². The number of para-hydroxylation sites is 1. The topological polar surface area (TPSA) is 67.2 Å². The standard InChI is InChI=1S/C13H15N3O2/c1-10-7-12(18-16-10)8-15-13(17)9-14-11-5-3-2-4-6-11/h2-7,14H,8-9H2,1H3,(H,15,17). The number of carbonyl (C=O) groups is 1. The van der Waals surface area contributed by atoms with E-state index in [0.717, 1.165) is 11.4 Å². The summed E-state index contributed by atoms with van der Waals surface area (Å²) in [6.45, 7) is 2.43. The second-order valence-corrected chi connectivity index (χ2v) is 3.93. The summed E-state index contributed by atoms with van der Waals surface area (Å²) in [4.78, 5) is 11.6. The summed E-state index contributed by atoms with van der Waals surface area (Å²) in [5, 5.41) is 9.52. The van der Waals surface area contributed by atoms with E-state index in [1.807, 2.05) is 37.3 Å². The number of hydrogen-bond acceptors (Lipinski definition) is 4. The normalized spacial score (nSPS) is 10.1. The lowest BCUT2D eigenvalue weighted by Gasteiger charge is -2.06. The molecule has 0 unspecified atom stereocenters. The third-order valence-electron chi connectivity index (χ3n) is 2.36. The van der Waals surface area contributed by atoms with Gasteiger partial charge in [0.25, 0.3) is 0 Å². The molecule has 1 aromatic heterocycles. The molecule has 18 heavy (non-hydrogen) atoms. The number of aryl methyl sites for hydroxylation is 1. The van der Waals surface area contributed by atoms with Crippen LogP contribution >= 0.6 is 0 Å². The lowest BCUT2D eigenvalue weighted by atomic mass is 10.3. The zero-order valence-corrected chi connectivity index (χ0v) is 10.1. The highest BCUT2D eigenvalue weighted by Gasteiger charge is 2.04. The van der Waals surface area contributed by atoms with E-state index in [2.05, 4.69) is 15.8 Å². The average molecular weight is 245 g/mol. The van der Waals surface area contributed by atoms with Crippen molar-refractivity contribution in [3.8, 4) is 0 Å². The quantitative estimate of drug-likeness (QED) is 0.841. The highest BCUT2D eigenvalue weighted by atomic mass is 16.5. The highest BCUT2D eigenvalue weighted by Crippen LogP contribution is 2.04. The Morgan fingerprint density at radius 3 is 2.78 bits per heavy atom. The summed E-state index contributed by atoms with van der Waals surface area (Å²) in [5.74, 6) is 0.563. The number of anilines is 1. The van der Waals surface area contributed by atoms with Gasteiger partial charge in [0, 0.05) is 11.8 Å². The number of nitrogens with zero attached hydrogens (tertiary/aromatic N) is 1. The van der Waals surface area contributed by atoms with Crippen LogP contribution in [-0.2, 0) is 11.3 Å². The fourth-order valence-corrected chi connectivity index (χ4v) is 1.49. The van der Waals surface area contributed by atoms with Crippen LogP contribution in [0, 0.1) is 6.92 Å². The molecule has 0 saturated heterocycles. The lowest BCUT2D eigenvalue weighted by Crippen LogP contribution is -2.29. The number of aromatic nitrogens is 1. The SMILES string of the molecule is Cc1cc(CNC(=O)CNc2ccccc2)on1. The third kappa shape index (κ3) is 3.62. The maximum atomic E-state index is 11.6. The van der Waals surface area contributed by atoms with E-state index in [9.17, 15) is 4.79 Å². The third-order valence-corrected chi connectivity index (χ3v) is 2.36. The van der Waals surface area contributed by atoms with Crippen LogP contribution in [0.25, 0.3) is 0 Å². The van der Waals surface area contributed by atoms with Gasteiger partial charge in [-0.2, -0.15) is 0 Å². The van der Waals surface area contributed by atoms with Gasteiger partial charge in [-0.1, -0.05) is 23.4 Å². The number of benzene rings is 1. The van der Waals surface area contributed by atoms with Gasteiger partial charge >= 0.3 is 0 Å². The monoisotopic (exact) mass is 245 g/mol. The summed E-state index contributed by atoms with van der Waals surface area (Å²) in [7, 11) is 0. The van der Waals surface area contributed by atoms with Crippen LogP contribution in [-0.4, -0.2) is 17.6 Å². The van der Waals surface area contributed by atoms with Gasteiger partial charge in [0.05, 0.1) is 18.8 Å². The fraction of sp³-hybridized carbons (Fsp3) is 0.231. The fourth-order valence-electron chi connectivity index (χ4n) is 1.49. The van der Waals surface area contributed by atoms with E-state index in [1.165, 1.54) is 0 Å². The summed E-state index contributed by atoms with van der Waals surface area (Å²) in [6.07, 6.45) is 0. The molecule has 0 atom stereocenters. The number of carbonyl (C=O) groups excluding carboxylic acids is 1. The first kappa shape index (κ1) is 12.2. The minimum Gasteiger partial charge on any atom is -0.376 e. The second-order valence-electron chi connectivity index (χ2n) is 3.93. The number of rotatable bonds is 5. The zero-order chi connectivity index (χ0) is 12.8. The minimum absolute atomic E-state index is 0.0899. The van der Waals surface area contributed by atoms with Gasteiger partial charge < -0.3 is 15.2 Å². The molecule has 0 aliphatic rings. The van der Waals surface area contributed by atoms with Gasteiger partial charge in [0.2, 0.25) is 5.91 Å². The van der Waals surface area contributed by atoms with E-state index in [4.69, 9.17) is 4.52 Å². The van der Waals surface area contributed by atoms with Crippen molar-refractivity contribution in [3.05, 3.63) is 47.9 Å². The number of nitrogens with one attached hydrogen (secondary N) is 2. The van der Waals surface area contributed by atoms with Crippen LogP contribution in [0.15, 0.2) is 40.9 Å². The summed E-state index contributed by atoms with van der Waals surface area (Å²) >= 11 is 0. The molecular weight excluding hydrogens is 230 g/mol. The average Bonchev–Trinajstić information content (AvgIpc) is 2.81. The van der Waals surface area contributed by atoms with Gasteiger partial charge in [-0.15, -0.1) is 0 Å². The van der Waals surface area contributed by atoms with Crippen molar-refractivity contribution >= 4 is 11.6 Å². The predicted octanol–water partition coefficient (Wildman–Crippen LogP) is 1.71. The summed E-state index contributed by atoms with van der Waals surface area (Å²) < 4.78 is 4.99. The van der Waals surface area contributed by atoms with Crippen molar-refractivity contribution in [2.75, 3.05) is 11.9 Å². The molecule has 0 radical (unpaired) electrons. The van der Waals surface area contributed by atoms with Crippen molar-refractivity contribution in [2.45, 2.75) is 13.5 Å². The Kier molecular flexibility index (Phi) is 3.96. The highest BCUT2D eigenvalue weighted by molar-refractivity contribution is 5.80. The minimum atomic E-state index is -0.0899. The predicted molar refractivity (Wildman–Crippen MR) is 68.0 cm³/mol. The Morgan fingerprint density at radius 1 is 1.33 bits per heavy atom. The van der Waals surface area contributed by atoms with E-state index in [1.54, 1.807) is 6.07 Å². The molecule has 0 bridgehead atoms. The van der Waals surface area contributed by atoms with E-state index >= 15 is 0 Å². The second kappa shape index (κ2) is 5.86. The molecule has 2 N–H and O–H groups in total. The molecule has 5 nitrogen and oxygen atoms in total. The van der Waals surface area contributed by atoms with Crippen molar-refractivity contribution in [2.24, 2.45) is 0 Å². The van der Waals surface area contributed by atoms with E-state index in [0.29, 0.717) is 12.3 Å². The van der Waals surface area contributed by atoms with E-state index < -0.39 is 0 Å². The first-order chi connectivity index (χ1) is 8.74. The maximum Gasteiger partial charge on any atom is 0.239 e. The first-order valence-electron chi connectivity index (χ1n) is 5.72. The van der Waals surface area contributed by atoms with Gasteiger partial charge in [0.1, 0.15) is 0 Å². The van der Waals surface area contributed by atoms with Crippen molar-refractivity contribution in [3.63, 3.8) is 0 Å². The molecule has 0 saturated carbocycles. The number of amides is 1. The maximum absolute atomic E-state index is 11.6. The Hall–Kier alpha value is -2.30. The molecule has 0 aliphatic heterocycles. The Balaban J connectivity index is 1.73. The number of hydrogen-bond donors (Lipinski definition) is 2. The van der Waals surface area contributed by atoms with Crippen molar-refractivity contribution in [1.29, 1.82) is 0 Å². The van der Waals surface area contributed by atoms with Crippen LogP contribution in [0.1, 0.15) is 11.5 Å². The van der Waals surface area contributed by atoms with Gasteiger partial charge in [0.15, 0.2) is 5.76 Å². The van der Waals surface area contributed by atoms with E-state index in [-0.39, 0.29) is 12.5 Å². The Morgan fingerprint density at radius 2 is 2.11 bits per heavy atom. The molecule has 5 heteroatoms. The molecular formula is C13H15N3O2. The van der Waals surface area contributed by atoms with Crippen LogP contribution < -0.4 is 10.6 Å². The molecule has 94 valence electrons. The first-order valence-corrected chi connectivity index (χ1v) is 5.72. The smallest absolute Gasteiger partial charge is 0.239 e. The van der Waals surface area contributed by atoms with Crippen molar-refractivity contribution < 1.29 is 9.32 Å². The zero-order valence-electron chi connectivity index (χ0n) is 10.1. The van der Waals surface area contributed by atoms with Crippen LogP contribution in [0.5, 0.6) is 0 Å². The Labute approximate surface area is 105 Å². The molecule has 2 aromatic rings. The van der Waals surface area contributed by atoms with Crippen LogP contribution in [0.3, 0.4) is 0 Å². The Bertz CT molecular complexity index is 508. The summed E-state index contributed by atoms with van der Waals surface area (Å²) in [5.41, 5.74) is 1.73. The molecule has 0 spiro atoms. The molecule has 1 aromatic carbocycles. The van der Waals surface area contributed by atoms with Gasteiger partial charge in [-0.05, 0) is 19.1 Å². The molecule has 0 aliphatic carbocycles. The van der Waals surface area contributed by atoms with Gasteiger partial charge in [-0.25, -0.2) is 0 Å². The molecule has 2 rings (SSSR count). The van der Waals surface area contributed by atoms with Crippen LogP contribution in [0.2, 0.25) is 0 Å². The van der Waals surface area contributed by atoms with Crippen LogP contribution in [0.4, 0.5) is 5.69 Å².